The Balaban J connectivity index is 4.32. The van der Waals surface area contributed by atoms with E-state index in [0.717, 1.165) is 49.9 Å². The molecule has 0 radical (unpaired) electrons. The molecule has 142 valence electrons. The van der Waals surface area contributed by atoms with E-state index in [0.29, 0.717) is 6.61 Å². The maximum absolute atomic E-state index is 11.8. The Labute approximate surface area is 147 Å². The zero-order chi connectivity index (χ0) is 18.6. The van der Waals surface area contributed by atoms with Gasteiger partial charge in [0.05, 0.1) is 26.2 Å². The number of quaternary nitrogens is 1. The fourth-order valence-corrected chi connectivity index (χ4v) is 3.60. The summed E-state index contributed by atoms with van der Waals surface area (Å²) in [6.45, 7) is 15.5. The van der Waals surface area contributed by atoms with Crippen LogP contribution in [-0.4, -0.2) is 60.9 Å². The van der Waals surface area contributed by atoms with Gasteiger partial charge in [-0.15, -0.1) is 0 Å². The second-order valence-corrected chi connectivity index (χ2v) is 7.38. The quantitative estimate of drug-likeness (QED) is 0.275. The number of rotatable bonds is 15. The lowest BCUT2D eigenvalue weighted by atomic mass is 10.1. The highest BCUT2D eigenvalue weighted by Gasteiger charge is 2.25. The Morgan fingerprint density at radius 2 is 1.58 bits per heavy atom. The van der Waals surface area contributed by atoms with Gasteiger partial charge in [0.2, 0.25) is 0 Å². The molecule has 0 aliphatic carbocycles. The van der Waals surface area contributed by atoms with Crippen LogP contribution in [0.1, 0.15) is 47.0 Å². The molecular formula is C17H35NO5P+. The van der Waals surface area contributed by atoms with Crippen LogP contribution in [0.15, 0.2) is 12.2 Å². The fourth-order valence-electron chi connectivity index (χ4n) is 2.97. The first-order valence-corrected chi connectivity index (χ1v) is 10.1. The summed E-state index contributed by atoms with van der Waals surface area (Å²) in [5.41, 5.74) is 0.243. The summed E-state index contributed by atoms with van der Waals surface area (Å²) < 4.78 is 23.0. The molecule has 0 aromatic carbocycles. The first kappa shape index (κ1) is 23.5. The van der Waals surface area contributed by atoms with Gasteiger partial charge in [-0.3, -0.25) is 9.36 Å². The smallest absolute Gasteiger partial charge is 0.319 e. The van der Waals surface area contributed by atoms with E-state index in [1.165, 1.54) is 6.92 Å². The third kappa shape index (κ3) is 9.09. The van der Waals surface area contributed by atoms with Gasteiger partial charge in [0.15, 0.2) is 5.78 Å². The molecular weight excluding hydrogens is 329 g/mol. The minimum atomic E-state index is -2.71. The fraction of sp³-hybridized carbons (Fsp3) is 0.824. The summed E-state index contributed by atoms with van der Waals surface area (Å²) in [5, 5.41) is 9.58. The number of ketones is 1. The van der Waals surface area contributed by atoms with E-state index in [9.17, 15) is 14.5 Å². The molecule has 0 aromatic heterocycles. The van der Waals surface area contributed by atoms with E-state index >= 15 is 0 Å². The van der Waals surface area contributed by atoms with Crippen molar-refractivity contribution in [2.75, 3.05) is 39.4 Å². The molecule has 0 saturated heterocycles. The number of hydrogen-bond donors (Lipinski definition) is 1. The van der Waals surface area contributed by atoms with Crippen LogP contribution in [0.25, 0.3) is 0 Å². The third-order valence-corrected chi connectivity index (χ3v) is 4.80. The maximum atomic E-state index is 11.8. The Bertz CT molecular complexity index is 397. The molecule has 2 unspecified atom stereocenters. The van der Waals surface area contributed by atoms with Crippen molar-refractivity contribution >= 4 is 14.0 Å². The lowest BCUT2D eigenvalue weighted by Crippen LogP contribution is -2.51. The molecule has 0 amide bonds. The summed E-state index contributed by atoms with van der Waals surface area (Å²) in [6.07, 6.45) is 1.96. The SMILES string of the molecule is C=C(C)C(=O)C(O)CO[PH](=O)OCC[N+](CCC)(CCC)CCC. The summed E-state index contributed by atoms with van der Waals surface area (Å²) in [4.78, 5) is 11.5. The summed E-state index contributed by atoms with van der Waals surface area (Å²) in [6, 6.07) is 0. The lowest BCUT2D eigenvalue weighted by Gasteiger charge is -2.38. The number of hydrogen-bond acceptors (Lipinski definition) is 5. The van der Waals surface area contributed by atoms with Crippen molar-refractivity contribution in [3.63, 3.8) is 0 Å². The third-order valence-electron chi connectivity index (χ3n) is 3.96. The van der Waals surface area contributed by atoms with E-state index in [1.54, 1.807) is 0 Å². The van der Waals surface area contributed by atoms with Gasteiger partial charge in [0.25, 0.3) is 0 Å². The standard InChI is InChI=1S/C17H35NO5P/c1-6-9-18(10-7-2,11-8-3)12-13-22-24(21)23-14-16(19)17(20)15(4)5/h16,19,24H,4,6-14H2,1-3,5H3/q+1. The van der Waals surface area contributed by atoms with Crippen molar-refractivity contribution < 1.29 is 28.0 Å². The van der Waals surface area contributed by atoms with Crippen LogP contribution in [0, 0.1) is 0 Å². The van der Waals surface area contributed by atoms with Gasteiger partial charge in [-0.05, 0) is 31.8 Å². The van der Waals surface area contributed by atoms with Gasteiger partial charge >= 0.3 is 8.25 Å². The van der Waals surface area contributed by atoms with Crippen LogP contribution in [-0.2, 0) is 18.4 Å². The van der Waals surface area contributed by atoms with E-state index in [4.69, 9.17) is 9.05 Å². The highest BCUT2D eigenvalue weighted by atomic mass is 31.1. The molecule has 6 nitrogen and oxygen atoms in total. The zero-order valence-corrected chi connectivity index (χ0v) is 16.7. The predicted octanol–water partition coefficient (Wildman–Crippen LogP) is 2.96. The second kappa shape index (κ2) is 12.8. The summed E-state index contributed by atoms with van der Waals surface area (Å²) >= 11 is 0. The zero-order valence-electron chi connectivity index (χ0n) is 15.7. The van der Waals surface area contributed by atoms with E-state index in [1.807, 2.05) is 0 Å². The summed E-state index contributed by atoms with van der Waals surface area (Å²) in [5.74, 6) is -0.505. The van der Waals surface area contributed by atoms with E-state index in [2.05, 4.69) is 27.4 Å². The molecule has 0 aliphatic rings. The molecule has 0 rings (SSSR count). The van der Waals surface area contributed by atoms with Crippen LogP contribution in [0.3, 0.4) is 0 Å². The topological polar surface area (TPSA) is 72.8 Å². The molecule has 1 N–H and O–H groups in total. The minimum Gasteiger partial charge on any atom is -0.382 e. The molecule has 0 aromatic rings. The van der Waals surface area contributed by atoms with Crippen molar-refractivity contribution in [2.45, 2.75) is 53.1 Å². The summed E-state index contributed by atoms with van der Waals surface area (Å²) in [7, 11) is -2.71. The number of Topliss-reactive ketones (excluding diaryl/α,β-unsaturated/α-hetero) is 1. The van der Waals surface area contributed by atoms with Crippen molar-refractivity contribution in [3.05, 3.63) is 12.2 Å². The van der Waals surface area contributed by atoms with Gasteiger partial charge in [-0.25, -0.2) is 0 Å². The van der Waals surface area contributed by atoms with Crippen molar-refractivity contribution in [2.24, 2.45) is 0 Å². The molecule has 0 spiro atoms. The number of aliphatic hydroxyl groups excluding tert-OH is 1. The van der Waals surface area contributed by atoms with Gasteiger partial charge in [-0.2, -0.15) is 0 Å². The molecule has 0 bridgehead atoms. The van der Waals surface area contributed by atoms with Crippen LogP contribution < -0.4 is 0 Å². The largest absolute Gasteiger partial charge is 0.382 e. The first-order valence-electron chi connectivity index (χ1n) is 8.84. The van der Waals surface area contributed by atoms with Gasteiger partial charge < -0.3 is 18.6 Å². The molecule has 0 heterocycles. The van der Waals surface area contributed by atoms with Gasteiger partial charge in [-0.1, -0.05) is 27.4 Å². The van der Waals surface area contributed by atoms with Crippen molar-refractivity contribution in [1.82, 2.24) is 0 Å². The molecule has 2 atom stereocenters. The maximum Gasteiger partial charge on any atom is 0.319 e. The number of aliphatic hydroxyl groups is 1. The average Bonchev–Trinajstić information content (AvgIpc) is 2.52. The number of carbonyl (C=O) groups excluding carboxylic acids is 1. The second-order valence-electron chi connectivity index (χ2n) is 6.31. The van der Waals surface area contributed by atoms with Crippen LogP contribution >= 0.6 is 8.25 Å². The van der Waals surface area contributed by atoms with Crippen molar-refractivity contribution in [1.29, 1.82) is 0 Å². The Morgan fingerprint density at radius 1 is 1.08 bits per heavy atom. The minimum absolute atomic E-state index is 0.243. The lowest BCUT2D eigenvalue weighted by molar-refractivity contribution is -0.928. The molecule has 0 aliphatic heterocycles. The highest BCUT2D eigenvalue weighted by Crippen LogP contribution is 2.24. The normalized spacial score (nSPS) is 14.4. The van der Waals surface area contributed by atoms with Crippen LogP contribution in [0.4, 0.5) is 0 Å². The van der Waals surface area contributed by atoms with Gasteiger partial charge in [0.1, 0.15) is 19.3 Å². The molecule has 24 heavy (non-hydrogen) atoms. The predicted molar refractivity (Wildman–Crippen MR) is 97.3 cm³/mol. The Kier molecular flexibility index (Phi) is 12.5. The monoisotopic (exact) mass is 364 g/mol. The molecule has 0 saturated carbocycles. The van der Waals surface area contributed by atoms with Gasteiger partial charge in [0, 0.05) is 0 Å². The van der Waals surface area contributed by atoms with Crippen LogP contribution in [0.5, 0.6) is 0 Å². The number of carbonyl (C=O) groups is 1. The first-order chi connectivity index (χ1) is 11.3. The number of nitrogens with zero attached hydrogens (tertiary/aromatic N) is 1. The highest BCUT2D eigenvalue weighted by molar-refractivity contribution is 7.33. The van der Waals surface area contributed by atoms with E-state index < -0.39 is 20.1 Å². The molecule has 0 fully saturated rings. The average molecular weight is 364 g/mol. The Hall–Kier alpha value is -0.520. The Morgan fingerprint density at radius 3 is 2.00 bits per heavy atom. The van der Waals surface area contributed by atoms with Crippen molar-refractivity contribution in [3.8, 4) is 0 Å². The van der Waals surface area contributed by atoms with E-state index in [-0.39, 0.29) is 12.2 Å². The molecule has 7 heteroatoms. The van der Waals surface area contributed by atoms with Crippen LogP contribution in [0.2, 0.25) is 0 Å².